The van der Waals surface area contributed by atoms with Crippen molar-refractivity contribution >= 4 is 5.91 Å². The van der Waals surface area contributed by atoms with Gasteiger partial charge < -0.3 is 15.0 Å². The third-order valence-corrected chi connectivity index (χ3v) is 4.91. The summed E-state index contributed by atoms with van der Waals surface area (Å²) in [7, 11) is 5.67. The lowest BCUT2D eigenvalue weighted by Gasteiger charge is -2.26. The molecule has 0 spiro atoms. The smallest absolute Gasteiger partial charge is 0.220 e. The lowest BCUT2D eigenvalue weighted by atomic mass is 10.0. The van der Waals surface area contributed by atoms with Gasteiger partial charge in [0.15, 0.2) is 0 Å². The number of carbonyl (C=O) groups excluding carboxylic acids is 1. The maximum Gasteiger partial charge on any atom is 0.220 e. The fourth-order valence-corrected chi connectivity index (χ4v) is 3.28. The first kappa shape index (κ1) is 20.6. The largest absolute Gasteiger partial charge is 0.496 e. The summed E-state index contributed by atoms with van der Waals surface area (Å²) in [6, 6.07) is 17.9. The Hall–Kier alpha value is -3.12. The topological polar surface area (TPSA) is 59.4 Å². The number of methoxy groups -OCH3 is 1. The molecule has 152 valence electrons. The van der Waals surface area contributed by atoms with Crippen LogP contribution in [-0.2, 0) is 11.2 Å². The minimum absolute atomic E-state index is 0.0270. The van der Waals surface area contributed by atoms with E-state index in [2.05, 4.69) is 15.3 Å². The highest BCUT2D eigenvalue weighted by molar-refractivity contribution is 5.76. The number of hydrogen-bond donors (Lipinski definition) is 1. The molecule has 0 fully saturated rings. The summed E-state index contributed by atoms with van der Waals surface area (Å²) < 4.78 is 7.31. The predicted molar refractivity (Wildman–Crippen MR) is 114 cm³/mol. The zero-order chi connectivity index (χ0) is 20.6. The minimum Gasteiger partial charge on any atom is -0.496 e. The molecule has 3 aromatic rings. The Labute approximate surface area is 172 Å². The number of amides is 1. The molecule has 1 atom stereocenters. The summed E-state index contributed by atoms with van der Waals surface area (Å²) in [6.45, 7) is 0.523. The quantitative estimate of drug-likeness (QED) is 0.607. The Kier molecular flexibility index (Phi) is 7.03. The summed E-state index contributed by atoms with van der Waals surface area (Å²) >= 11 is 0. The van der Waals surface area contributed by atoms with Crippen molar-refractivity contribution < 1.29 is 9.53 Å². The monoisotopic (exact) mass is 392 g/mol. The Bertz CT molecular complexity index is 921. The van der Waals surface area contributed by atoms with Gasteiger partial charge in [-0.05, 0) is 44.3 Å². The molecule has 1 unspecified atom stereocenters. The molecule has 0 saturated heterocycles. The van der Waals surface area contributed by atoms with Crippen molar-refractivity contribution in [2.45, 2.75) is 18.9 Å². The fourth-order valence-electron chi connectivity index (χ4n) is 3.28. The van der Waals surface area contributed by atoms with Crippen molar-refractivity contribution in [3.8, 4) is 11.4 Å². The molecule has 1 aromatic heterocycles. The molecule has 0 bridgehead atoms. The van der Waals surface area contributed by atoms with Gasteiger partial charge in [-0.1, -0.05) is 36.4 Å². The lowest BCUT2D eigenvalue weighted by Crippen LogP contribution is -2.34. The summed E-state index contributed by atoms with van der Waals surface area (Å²) in [5.41, 5.74) is 3.11. The number of carbonyl (C=O) groups is 1. The van der Waals surface area contributed by atoms with E-state index in [-0.39, 0.29) is 11.9 Å². The Morgan fingerprint density at radius 2 is 1.86 bits per heavy atom. The SMILES string of the molecule is COc1ccccc1C(CNC(=O)CCc1cnn(-c2ccccc2)c1)N(C)C. The number of nitrogens with zero attached hydrogens (tertiary/aromatic N) is 3. The summed E-state index contributed by atoms with van der Waals surface area (Å²) in [5, 5.41) is 7.44. The van der Waals surface area contributed by atoms with Gasteiger partial charge in [0.2, 0.25) is 5.91 Å². The van der Waals surface area contributed by atoms with Gasteiger partial charge in [0.1, 0.15) is 5.75 Å². The van der Waals surface area contributed by atoms with Gasteiger partial charge in [0.25, 0.3) is 0 Å². The van der Waals surface area contributed by atoms with Crippen LogP contribution >= 0.6 is 0 Å². The molecule has 6 nitrogen and oxygen atoms in total. The van der Waals surface area contributed by atoms with E-state index in [1.165, 1.54) is 0 Å². The highest BCUT2D eigenvalue weighted by Gasteiger charge is 2.19. The Balaban J connectivity index is 1.54. The van der Waals surface area contributed by atoms with Crippen LogP contribution in [0.4, 0.5) is 0 Å². The molecule has 3 rings (SSSR count). The van der Waals surface area contributed by atoms with E-state index in [1.54, 1.807) is 7.11 Å². The number of aryl methyl sites for hydroxylation is 1. The first-order valence-corrected chi connectivity index (χ1v) is 9.73. The van der Waals surface area contributed by atoms with Crippen molar-refractivity contribution in [3.63, 3.8) is 0 Å². The second-order valence-corrected chi connectivity index (χ2v) is 7.15. The van der Waals surface area contributed by atoms with E-state index < -0.39 is 0 Å². The van der Waals surface area contributed by atoms with Crippen molar-refractivity contribution in [2.24, 2.45) is 0 Å². The van der Waals surface area contributed by atoms with Crippen LogP contribution in [0.15, 0.2) is 67.0 Å². The molecule has 6 heteroatoms. The molecular weight excluding hydrogens is 364 g/mol. The Morgan fingerprint density at radius 3 is 2.59 bits per heavy atom. The number of ether oxygens (including phenoxy) is 1. The highest BCUT2D eigenvalue weighted by atomic mass is 16.5. The van der Waals surface area contributed by atoms with Crippen LogP contribution in [0.3, 0.4) is 0 Å². The third-order valence-electron chi connectivity index (χ3n) is 4.91. The standard InChI is InChI=1S/C23H28N4O2/c1-26(2)21(20-11-7-8-12-22(20)29-3)16-24-23(28)14-13-18-15-25-27(17-18)19-9-5-4-6-10-19/h4-12,15,17,21H,13-14,16H2,1-3H3,(H,24,28). The van der Waals surface area contributed by atoms with Gasteiger partial charge in [-0.2, -0.15) is 5.10 Å². The molecule has 1 heterocycles. The van der Waals surface area contributed by atoms with Gasteiger partial charge in [-0.3, -0.25) is 4.79 Å². The average molecular weight is 393 g/mol. The molecule has 0 saturated carbocycles. The van der Waals surface area contributed by atoms with Crippen LogP contribution in [0.25, 0.3) is 5.69 Å². The van der Waals surface area contributed by atoms with Gasteiger partial charge in [0, 0.05) is 24.7 Å². The van der Waals surface area contributed by atoms with E-state index in [9.17, 15) is 4.79 Å². The van der Waals surface area contributed by atoms with E-state index >= 15 is 0 Å². The molecule has 0 aliphatic rings. The zero-order valence-corrected chi connectivity index (χ0v) is 17.2. The van der Waals surface area contributed by atoms with Crippen molar-refractivity contribution in [1.29, 1.82) is 0 Å². The molecule has 29 heavy (non-hydrogen) atoms. The molecule has 0 aliphatic heterocycles. The van der Waals surface area contributed by atoms with E-state index in [0.29, 0.717) is 19.4 Å². The number of aromatic nitrogens is 2. The van der Waals surface area contributed by atoms with Crippen molar-refractivity contribution in [1.82, 2.24) is 20.0 Å². The van der Waals surface area contributed by atoms with Gasteiger partial charge in [-0.15, -0.1) is 0 Å². The lowest BCUT2D eigenvalue weighted by molar-refractivity contribution is -0.121. The van der Waals surface area contributed by atoms with E-state index in [1.807, 2.05) is 85.8 Å². The minimum atomic E-state index is 0.0270. The zero-order valence-electron chi connectivity index (χ0n) is 17.2. The maximum absolute atomic E-state index is 12.4. The summed E-state index contributed by atoms with van der Waals surface area (Å²) in [4.78, 5) is 14.5. The highest BCUT2D eigenvalue weighted by Crippen LogP contribution is 2.27. The van der Waals surface area contributed by atoms with Gasteiger partial charge in [-0.25, -0.2) is 4.68 Å². The second kappa shape index (κ2) is 9.89. The van der Waals surface area contributed by atoms with Crippen molar-refractivity contribution in [2.75, 3.05) is 27.7 Å². The van der Waals surface area contributed by atoms with Gasteiger partial charge in [0.05, 0.1) is 25.0 Å². The average Bonchev–Trinajstić information content (AvgIpc) is 3.22. The number of hydrogen-bond acceptors (Lipinski definition) is 4. The van der Waals surface area contributed by atoms with E-state index in [4.69, 9.17) is 4.74 Å². The summed E-state index contributed by atoms with van der Waals surface area (Å²) in [5.74, 6) is 0.855. The number of likely N-dealkylation sites (N-methyl/N-ethyl adjacent to an activating group) is 1. The van der Waals surface area contributed by atoms with Crippen LogP contribution in [0.5, 0.6) is 5.75 Å². The molecule has 0 aliphatic carbocycles. The van der Waals surface area contributed by atoms with Crippen LogP contribution in [0.2, 0.25) is 0 Å². The number of para-hydroxylation sites is 2. The van der Waals surface area contributed by atoms with Crippen LogP contribution in [0, 0.1) is 0 Å². The maximum atomic E-state index is 12.4. The van der Waals surface area contributed by atoms with E-state index in [0.717, 1.165) is 22.6 Å². The normalized spacial score (nSPS) is 12.0. The number of nitrogens with one attached hydrogen (secondary N) is 1. The fraction of sp³-hybridized carbons (Fsp3) is 0.304. The number of benzene rings is 2. The van der Waals surface area contributed by atoms with Gasteiger partial charge >= 0.3 is 0 Å². The van der Waals surface area contributed by atoms with Crippen molar-refractivity contribution in [3.05, 3.63) is 78.1 Å². The predicted octanol–water partition coefficient (Wildman–Crippen LogP) is 3.23. The number of rotatable bonds is 9. The Morgan fingerprint density at radius 1 is 1.14 bits per heavy atom. The molecular formula is C23H28N4O2. The van der Waals surface area contributed by atoms with Crippen LogP contribution < -0.4 is 10.1 Å². The first-order chi connectivity index (χ1) is 14.1. The molecule has 1 N–H and O–H groups in total. The third kappa shape index (κ3) is 5.45. The molecule has 2 aromatic carbocycles. The van der Waals surface area contributed by atoms with Crippen LogP contribution in [0.1, 0.15) is 23.6 Å². The first-order valence-electron chi connectivity index (χ1n) is 9.73. The summed E-state index contributed by atoms with van der Waals surface area (Å²) in [6.07, 6.45) is 4.87. The molecule has 0 radical (unpaired) electrons. The van der Waals surface area contributed by atoms with Crippen LogP contribution in [-0.4, -0.2) is 48.3 Å². The second-order valence-electron chi connectivity index (χ2n) is 7.15. The molecule has 1 amide bonds.